The fourth-order valence-corrected chi connectivity index (χ4v) is 6.11. The molecule has 1 heterocycles. The minimum absolute atomic E-state index is 0.216. The second kappa shape index (κ2) is 13.5. The van der Waals surface area contributed by atoms with Crippen LogP contribution in [0.4, 0.5) is 5.69 Å². The predicted molar refractivity (Wildman–Crippen MR) is 168 cm³/mol. The molecule has 0 bridgehead atoms. The highest BCUT2D eigenvalue weighted by Gasteiger charge is 2.39. The maximum Gasteiger partial charge on any atom is 0.326 e. The number of nitrogens with zero attached hydrogens (tertiary/aromatic N) is 1. The van der Waals surface area contributed by atoms with Crippen molar-refractivity contribution in [1.82, 2.24) is 5.32 Å². The summed E-state index contributed by atoms with van der Waals surface area (Å²) in [6, 6.07) is 24.5. The van der Waals surface area contributed by atoms with E-state index in [-0.39, 0.29) is 18.4 Å². The van der Waals surface area contributed by atoms with Crippen LogP contribution in [-0.2, 0) is 37.7 Å². The number of fused-ring (bicyclic) bond motifs is 1. The van der Waals surface area contributed by atoms with E-state index in [1.165, 1.54) is 4.90 Å². The summed E-state index contributed by atoms with van der Waals surface area (Å²) in [5, 5.41) is 3.09. The van der Waals surface area contributed by atoms with E-state index in [0.717, 1.165) is 22.4 Å². The van der Waals surface area contributed by atoms with Crippen molar-refractivity contribution < 1.29 is 23.9 Å². The Labute approximate surface area is 253 Å². The minimum Gasteiger partial charge on any atom is -0.497 e. The van der Waals surface area contributed by atoms with Crippen molar-refractivity contribution >= 4 is 35.2 Å². The molecular weight excluding hydrogens is 548 g/mol. The van der Waals surface area contributed by atoms with Gasteiger partial charge in [-0.3, -0.25) is 19.3 Å². The third-order valence-electron chi connectivity index (χ3n) is 7.14. The second-order valence-corrected chi connectivity index (χ2v) is 13.2. The summed E-state index contributed by atoms with van der Waals surface area (Å²) in [4.78, 5) is 42.3. The smallest absolute Gasteiger partial charge is 0.326 e. The van der Waals surface area contributed by atoms with Gasteiger partial charge in [-0.25, -0.2) is 0 Å². The van der Waals surface area contributed by atoms with E-state index in [0.29, 0.717) is 30.7 Å². The number of carbonyl (C=O) groups is 3. The van der Waals surface area contributed by atoms with Gasteiger partial charge >= 0.3 is 5.97 Å². The van der Waals surface area contributed by atoms with E-state index in [1.807, 2.05) is 85.8 Å². The topological polar surface area (TPSA) is 84.9 Å². The normalized spacial score (nSPS) is 16.5. The number of methoxy groups -OCH3 is 1. The van der Waals surface area contributed by atoms with E-state index in [1.54, 1.807) is 39.6 Å². The van der Waals surface area contributed by atoms with Gasteiger partial charge in [0.15, 0.2) is 0 Å². The molecule has 4 rings (SSSR count). The van der Waals surface area contributed by atoms with Crippen molar-refractivity contribution in [2.24, 2.45) is 0 Å². The molecule has 0 saturated carbocycles. The van der Waals surface area contributed by atoms with Gasteiger partial charge in [0.05, 0.1) is 11.9 Å². The lowest BCUT2D eigenvalue weighted by molar-refractivity contribution is -0.153. The Morgan fingerprint density at radius 2 is 1.60 bits per heavy atom. The summed E-state index contributed by atoms with van der Waals surface area (Å²) < 4.78 is 9.95. The van der Waals surface area contributed by atoms with E-state index < -0.39 is 22.4 Å². The summed E-state index contributed by atoms with van der Waals surface area (Å²) in [5.41, 5.74) is 3.04. The van der Waals surface area contributed by atoms with Gasteiger partial charge in [0.25, 0.3) is 0 Å². The molecule has 7 nitrogen and oxygen atoms in total. The number of thioether (sulfide) groups is 1. The number of ether oxygens (including phenoxy) is 2. The Bertz CT molecular complexity index is 1390. The summed E-state index contributed by atoms with van der Waals surface area (Å²) in [7, 11) is 1.63. The van der Waals surface area contributed by atoms with Gasteiger partial charge in [-0.1, -0.05) is 60.7 Å². The maximum atomic E-state index is 14.1. The number of benzene rings is 3. The lowest BCUT2D eigenvalue weighted by Crippen LogP contribution is -2.54. The molecule has 0 aromatic heterocycles. The molecule has 1 aliphatic rings. The van der Waals surface area contributed by atoms with Gasteiger partial charge in [0.2, 0.25) is 11.8 Å². The van der Waals surface area contributed by atoms with Crippen LogP contribution in [0.15, 0.2) is 78.9 Å². The van der Waals surface area contributed by atoms with Gasteiger partial charge in [-0.15, -0.1) is 11.8 Å². The molecule has 0 fully saturated rings. The third kappa shape index (κ3) is 8.16. The highest BCUT2D eigenvalue weighted by Crippen LogP contribution is 2.34. The van der Waals surface area contributed by atoms with Gasteiger partial charge in [0, 0.05) is 11.4 Å². The molecular formula is C34H40N2O5S. The van der Waals surface area contributed by atoms with Crippen LogP contribution >= 0.6 is 11.8 Å². The maximum absolute atomic E-state index is 14.1. The number of nitrogens with one attached hydrogen (secondary N) is 1. The van der Waals surface area contributed by atoms with Gasteiger partial charge < -0.3 is 14.8 Å². The monoisotopic (exact) mass is 588 g/mol. The molecule has 0 aliphatic carbocycles. The van der Waals surface area contributed by atoms with Crippen LogP contribution in [0.5, 0.6) is 5.75 Å². The second-order valence-electron chi connectivity index (χ2n) is 11.7. The average molecular weight is 589 g/mol. The molecule has 0 saturated heterocycles. The van der Waals surface area contributed by atoms with Crippen LogP contribution < -0.4 is 15.0 Å². The molecule has 3 aromatic carbocycles. The minimum atomic E-state index is -0.864. The number of hydrogen-bond acceptors (Lipinski definition) is 6. The van der Waals surface area contributed by atoms with E-state index in [4.69, 9.17) is 9.47 Å². The van der Waals surface area contributed by atoms with Crippen LogP contribution in [-0.4, -0.2) is 47.8 Å². The Morgan fingerprint density at radius 1 is 0.929 bits per heavy atom. The van der Waals surface area contributed by atoms with Crippen molar-refractivity contribution in [3.8, 4) is 5.75 Å². The lowest BCUT2D eigenvalue weighted by atomic mass is 9.98. The fraction of sp³-hybridized carbons (Fsp3) is 0.382. The number of esters is 1. The molecule has 3 aromatic rings. The summed E-state index contributed by atoms with van der Waals surface area (Å²) in [5.74, 6) is 0.349. The lowest BCUT2D eigenvalue weighted by Gasteiger charge is -2.32. The zero-order valence-electron chi connectivity index (χ0n) is 25.0. The molecule has 1 N–H and O–H groups in total. The Kier molecular flexibility index (Phi) is 9.99. The summed E-state index contributed by atoms with van der Waals surface area (Å²) >= 11 is 1.54. The number of rotatable bonds is 10. The van der Waals surface area contributed by atoms with Crippen molar-refractivity contribution in [3.05, 3.63) is 95.6 Å². The number of anilines is 1. The van der Waals surface area contributed by atoms with Gasteiger partial charge in [-0.2, -0.15) is 0 Å². The SMILES string of the molecule is COc1ccc(CS[C@](C)(Cc2ccccc2)C(=O)N[C@H]2CCc3ccccc3N(CC(=O)OC(C)(C)C)C2=O)cc1. The van der Waals surface area contributed by atoms with Gasteiger partial charge in [-0.05, 0) is 81.8 Å². The van der Waals surface area contributed by atoms with Crippen LogP contribution in [0, 0.1) is 0 Å². The van der Waals surface area contributed by atoms with Crippen molar-refractivity contribution in [1.29, 1.82) is 0 Å². The van der Waals surface area contributed by atoms with E-state index >= 15 is 0 Å². The molecule has 42 heavy (non-hydrogen) atoms. The third-order valence-corrected chi connectivity index (χ3v) is 8.59. The van der Waals surface area contributed by atoms with Crippen molar-refractivity contribution in [2.45, 2.75) is 69.1 Å². The highest BCUT2D eigenvalue weighted by atomic mass is 32.2. The van der Waals surface area contributed by atoms with Crippen LogP contribution in [0.2, 0.25) is 0 Å². The first-order valence-corrected chi connectivity index (χ1v) is 15.2. The first kappa shape index (κ1) is 31.2. The van der Waals surface area contributed by atoms with Crippen LogP contribution in [0.3, 0.4) is 0 Å². The predicted octanol–water partition coefficient (Wildman–Crippen LogP) is 5.74. The van der Waals surface area contributed by atoms with Crippen LogP contribution in [0.1, 0.15) is 50.8 Å². The van der Waals surface area contributed by atoms with Gasteiger partial charge in [0.1, 0.15) is 23.9 Å². The number of hydrogen-bond donors (Lipinski definition) is 1. The fourth-order valence-electron chi connectivity index (χ4n) is 4.97. The molecule has 1 aliphatic heterocycles. The first-order chi connectivity index (χ1) is 20.0. The quantitative estimate of drug-likeness (QED) is 0.304. The molecule has 0 spiro atoms. The largest absolute Gasteiger partial charge is 0.497 e. The summed E-state index contributed by atoms with van der Waals surface area (Å²) in [6.07, 6.45) is 1.51. The molecule has 2 atom stereocenters. The van der Waals surface area contributed by atoms with E-state index in [9.17, 15) is 14.4 Å². The molecule has 8 heteroatoms. The van der Waals surface area contributed by atoms with E-state index in [2.05, 4.69) is 5.32 Å². The number of carbonyl (C=O) groups excluding carboxylic acids is 3. The molecule has 2 amide bonds. The zero-order valence-corrected chi connectivity index (χ0v) is 25.8. The Balaban J connectivity index is 1.57. The van der Waals surface area contributed by atoms with Crippen molar-refractivity contribution in [3.63, 3.8) is 0 Å². The standard InChI is InChI=1S/C34H40N2O5S/c1-33(2,3)41-30(37)22-36-29-14-10-9-13-26(29)17-20-28(31(36)38)35-32(39)34(4,21-24-11-7-6-8-12-24)42-23-25-15-18-27(40-5)19-16-25/h6-16,18-19,28H,17,20-23H2,1-5H3,(H,35,39)/t28-,34+/m0/s1. The molecule has 0 unspecified atom stereocenters. The highest BCUT2D eigenvalue weighted by molar-refractivity contribution is 8.00. The summed E-state index contributed by atoms with van der Waals surface area (Å²) in [6.45, 7) is 7.08. The molecule has 222 valence electrons. The number of amides is 2. The number of aryl methyl sites for hydroxylation is 1. The molecule has 0 radical (unpaired) electrons. The average Bonchev–Trinajstić information content (AvgIpc) is 3.08. The number of para-hydroxylation sites is 1. The Hall–Kier alpha value is -3.78. The Morgan fingerprint density at radius 3 is 2.26 bits per heavy atom. The van der Waals surface area contributed by atoms with Crippen LogP contribution in [0.25, 0.3) is 0 Å². The first-order valence-electron chi connectivity index (χ1n) is 14.2. The zero-order chi connectivity index (χ0) is 30.3. The van der Waals surface area contributed by atoms with Crippen molar-refractivity contribution in [2.75, 3.05) is 18.6 Å².